The molecule has 0 radical (unpaired) electrons. The number of amides is 1. The molecule has 0 saturated carbocycles. The lowest BCUT2D eigenvalue weighted by atomic mass is 10.2. The molecule has 1 aromatic carbocycles. The second-order valence-electron chi connectivity index (χ2n) is 5.20. The predicted octanol–water partition coefficient (Wildman–Crippen LogP) is 3.80. The minimum absolute atomic E-state index is 0.0547. The average Bonchev–Trinajstić information content (AvgIpc) is 3.20. The van der Waals surface area contributed by atoms with Gasteiger partial charge in [0.25, 0.3) is 0 Å². The molecule has 2 aromatic rings. The highest BCUT2D eigenvalue weighted by molar-refractivity contribution is 7.13. The third kappa shape index (κ3) is 3.43. The molecule has 0 spiro atoms. The Morgan fingerprint density at radius 2 is 2.43 bits per heavy atom. The number of carbonyl (C=O) groups excluding carboxylic acids is 1. The summed E-state index contributed by atoms with van der Waals surface area (Å²) >= 11 is 7.72. The lowest BCUT2D eigenvalue weighted by molar-refractivity contribution is -0.117. The normalized spacial score (nSPS) is 17.3. The number of rotatable bonds is 5. The molecular formula is C16H18ClN3O2S. The topological polar surface area (TPSA) is 54.5 Å². The maximum atomic E-state index is 12.7. The molecule has 1 aliphatic heterocycles. The van der Waals surface area contributed by atoms with Crippen molar-refractivity contribution in [1.82, 2.24) is 4.98 Å². The molecule has 1 atom stereocenters. The Kier molecular flexibility index (Phi) is 5.03. The molecule has 0 aliphatic carbocycles. The van der Waals surface area contributed by atoms with E-state index in [1.165, 1.54) is 0 Å². The fourth-order valence-electron chi connectivity index (χ4n) is 2.74. The van der Waals surface area contributed by atoms with E-state index in [1.54, 1.807) is 35.7 Å². The first kappa shape index (κ1) is 16.1. The van der Waals surface area contributed by atoms with Crippen molar-refractivity contribution in [3.8, 4) is 5.75 Å². The van der Waals surface area contributed by atoms with Crippen LogP contribution in [-0.2, 0) is 4.79 Å². The van der Waals surface area contributed by atoms with Crippen molar-refractivity contribution in [2.45, 2.75) is 25.8 Å². The summed E-state index contributed by atoms with van der Waals surface area (Å²) in [6.07, 6.45) is 3.55. The van der Waals surface area contributed by atoms with Crippen LogP contribution in [0.2, 0.25) is 5.02 Å². The second-order valence-corrected chi connectivity index (χ2v) is 6.49. The van der Waals surface area contributed by atoms with E-state index < -0.39 is 0 Å². The quantitative estimate of drug-likeness (QED) is 0.890. The number of nitrogens with one attached hydrogen (secondary N) is 1. The largest absolute Gasteiger partial charge is 0.490 e. The van der Waals surface area contributed by atoms with Gasteiger partial charge >= 0.3 is 0 Å². The van der Waals surface area contributed by atoms with Crippen LogP contribution in [-0.4, -0.2) is 30.1 Å². The summed E-state index contributed by atoms with van der Waals surface area (Å²) in [5.74, 6) is 0.463. The molecule has 1 saturated heterocycles. The van der Waals surface area contributed by atoms with Crippen LogP contribution >= 0.6 is 22.9 Å². The van der Waals surface area contributed by atoms with Gasteiger partial charge in [0, 0.05) is 18.1 Å². The van der Waals surface area contributed by atoms with E-state index >= 15 is 0 Å². The molecule has 2 heterocycles. The van der Waals surface area contributed by atoms with Gasteiger partial charge in [-0.05, 0) is 31.9 Å². The molecule has 1 N–H and O–H groups in total. The standard InChI is InChI=1S/C16H18ClN3O2S/c1-2-22-14-11(17)5-3-6-12(14)19-15(21)13-7-4-9-20(13)16-18-8-10-23-16/h3,5-6,8,10,13H,2,4,7,9H2,1H3,(H,19,21). The number of para-hydroxylation sites is 1. The van der Waals surface area contributed by atoms with Crippen molar-refractivity contribution in [2.75, 3.05) is 23.4 Å². The van der Waals surface area contributed by atoms with Crippen LogP contribution in [0.15, 0.2) is 29.8 Å². The zero-order valence-corrected chi connectivity index (χ0v) is 14.4. The number of nitrogens with zero attached hydrogens (tertiary/aromatic N) is 2. The Morgan fingerprint density at radius 1 is 1.57 bits per heavy atom. The molecule has 1 fully saturated rings. The Labute approximate surface area is 144 Å². The zero-order chi connectivity index (χ0) is 16.2. The molecule has 1 amide bonds. The minimum Gasteiger partial charge on any atom is -0.490 e. The van der Waals surface area contributed by atoms with Gasteiger partial charge < -0.3 is 15.0 Å². The summed E-state index contributed by atoms with van der Waals surface area (Å²) in [5.41, 5.74) is 0.607. The first-order valence-electron chi connectivity index (χ1n) is 7.59. The molecule has 1 aromatic heterocycles. The number of halogens is 1. The van der Waals surface area contributed by atoms with Crippen molar-refractivity contribution >= 4 is 39.7 Å². The fraction of sp³-hybridized carbons (Fsp3) is 0.375. The Hall–Kier alpha value is -1.79. The number of benzene rings is 1. The Bertz CT molecular complexity index is 678. The van der Waals surface area contributed by atoms with Gasteiger partial charge in [-0.1, -0.05) is 17.7 Å². The van der Waals surface area contributed by atoms with Crippen molar-refractivity contribution in [1.29, 1.82) is 0 Å². The van der Waals surface area contributed by atoms with Gasteiger partial charge in [-0.15, -0.1) is 11.3 Å². The molecule has 1 aliphatic rings. The predicted molar refractivity (Wildman–Crippen MR) is 93.7 cm³/mol. The third-order valence-electron chi connectivity index (χ3n) is 3.73. The summed E-state index contributed by atoms with van der Waals surface area (Å²) in [4.78, 5) is 19.1. The van der Waals surface area contributed by atoms with E-state index in [0.717, 1.165) is 24.5 Å². The van der Waals surface area contributed by atoms with E-state index in [0.29, 0.717) is 23.1 Å². The van der Waals surface area contributed by atoms with Crippen LogP contribution in [0.1, 0.15) is 19.8 Å². The lowest BCUT2D eigenvalue weighted by Crippen LogP contribution is -2.39. The summed E-state index contributed by atoms with van der Waals surface area (Å²) in [7, 11) is 0. The van der Waals surface area contributed by atoms with Gasteiger partial charge in [0.15, 0.2) is 10.9 Å². The minimum atomic E-state index is -0.213. The first-order valence-corrected chi connectivity index (χ1v) is 8.84. The van der Waals surface area contributed by atoms with Crippen molar-refractivity contribution < 1.29 is 9.53 Å². The molecule has 1 unspecified atom stereocenters. The summed E-state index contributed by atoms with van der Waals surface area (Å²) in [6.45, 7) is 3.22. The van der Waals surface area contributed by atoms with Gasteiger partial charge in [0.05, 0.1) is 17.3 Å². The zero-order valence-electron chi connectivity index (χ0n) is 12.8. The van der Waals surface area contributed by atoms with Gasteiger partial charge in [0.1, 0.15) is 6.04 Å². The third-order valence-corrected chi connectivity index (χ3v) is 4.84. The highest BCUT2D eigenvalue weighted by atomic mass is 35.5. The van der Waals surface area contributed by atoms with Gasteiger partial charge in [0.2, 0.25) is 5.91 Å². The molecule has 0 bridgehead atoms. The van der Waals surface area contributed by atoms with Crippen molar-refractivity contribution in [3.63, 3.8) is 0 Å². The lowest BCUT2D eigenvalue weighted by Gasteiger charge is -2.23. The van der Waals surface area contributed by atoms with Crippen LogP contribution < -0.4 is 15.0 Å². The van der Waals surface area contributed by atoms with Crippen LogP contribution in [0.3, 0.4) is 0 Å². The molecule has 5 nitrogen and oxygen atoms in total. The van der Waals surface area contributed by atoms with E-state index in [4.69, 9.17) is 16.3 Å². The number of thiazole rings is 1. The van der Waals surface area contributed by atoms with Crippen LogP contribution in [0.25, 0.3) is 0 Å². The van der Waals surface area contributed by atoms with Crippen LogP contribution in [0.4, 0.5) is 10.8 Å². The summed E-state index contributed by atoms with van der Waals surface area (Å²) in [5, 5.41) is 6.26. The number of aromatic nitrogens is 1. The first-order chi connectivity index (χ1) is 11.2. The molecule has 7 heteroatoms. The van der Waals surface area contributed by atoms with Gasteiger partial charge in [-0.25, -0.2) is 4.98 Å². The number of ether oxygens (including phenoxy) is 1. The number of carbonyl (C=O) groups is 1. The van der Waals surface area contributed by atoms with Crippen LogP contribution in [0, 0.1) is 0 Å². The molecule has 3 rings (SSSR count). The average molecular weight is 352 g/mol. The van der Waals surface area contributed by atoms with Crippen molar-refractivity contribution in [2.24, 2.45) is 0 Å². The smallest absolute Gasteiger partial charge is 0.247 e. The number of hydrogen-bond donors (Lipinski definition) is 1. The number of hydrogen-bond acceptors (Lipinski definition) is 5. The molecule has 23 heavy (non-hydrogen) atoms. The fourth-order valence-corrected chi connectivity index (χ4v) is 3.69. The van der Waals surface area contributed by atoms with Crippen LogP contribution in [0.5, 0.6) is 5.75 Å². The van der Waals surface area contributed by atoms with Gasteiger partial charge in [-0.2, -0.15) is 0 Å². The number of anilines is 2. The van der Waals surface area contributed by atoms with E-state index in [9.17, 15) is 4.79 Å². The maximum Gasteiger partial charge on any atom is 0.247 e. The summed E-state index contributed by atoms with van der Waals surface area (Å²) in [6, 6.07) is 5.14. The molecule has 122 valence electrons. The molecular weight excluding hydrogens is 334 g/mol. The Morgan fingerprint density at radius 3 is 3.17 bits per heavy atom. The van der Waals surface area contributed by atoms with E-state index in [-0.39, 0.29) is 11.9 Å². The second kappa shape index (κ2) is 7.19. The SMILES string of the molecule is CCOc1c(Cl)cccc1NC(=O)C1CCCN1c1nccs1. The highest BCUT2D eigenvalue weighted by Gasteiger charge is 2.32. The summed E-state index contributed by atoms with van der Waals surface area (Å²) < 4.78 is 5.56. The van der Waals surface area contributed by atoms with Crippen molar-refractivity contribution in [3.05, 3.63) is 34.8 Å². The van der Waals surface area contributed by atoms with Gasteiger partial charge in [-0.3, -0.25) is 4.79 Å². The Balaban J connectivity index is 1.78. The van der Waals surface area contributed by atoms with E-state index in [2.05, 4.69) is 15.2 Å². The monoisotopic (exact) mass is 351 g/mol. The van der Waals surface area contributed by atoms with E-state index in [1.807, 2.05) is 12.3 Å². The highest BCUT2D eigenvalue weighted by Crippen LogP contribution is 2.34. The maximum absolute atomic E-state index is 12.7.